The van der Waals surface area contributed by atoms with Crippen LogP contribution in [0.15, 0.2) is 12.1 Å². The predicted octanol–water partition coefficient (Wildman–Crippen LogP) is 3.46. The van der Waals surface area contributed by atoms with E-state index in [1.807, 2.05) is 0 Å². The lowest BCUT2D eigenvalue weighted by molar-refractivity contribution is 0.159. The van der Waals surface area contributed by atoms with Crippen molar-refractivity contribution in [3.05, 3.63) is 23.3 Å². The molecule has 1 heterocycles. The van der Waals surface area contributed by atoms with Gasteiger partial charge in [-0.1, -0.05) is 0 Å². The van der Waals surface area contributed by atoms with Crippen LogP contribution in [0.2, 0.25) is 0 Å². The quantitative estimate of drug-likeness (QED) is 0.891. The van der Waals surface area contributed by atoms with Gasteiger partial charge in [-0.3, -0.25) is 0 Å². The number of benzene rings is 1. The molecule has 1 aliphatic rings. The Morgan fingerprint density at radius 3 is 2.55 bits per heavy atom. The van der Waals surface area contributed by atoms with Crippen LogP contribution in [0.1, 0.15) is 30.9 Å². The summed E-state index contributed by atoms with van der Waals surface area (Å²) >= 11 is 0. The number of rotatable bonds is 5. The van der Waals surface area contributed by atoms with Crippen LogP contribution < -0.4 is 10.1 Å². The zero-order valence-electron chi connectivity index (χ0n) is 13.3. The summed E-state index contributed by atoms with van der Waals surface area (Å²) in [4.78, 5) is 2.40. The monoisotopic (exact) mass is 276 g/mol. The molecular formula is C17H28N2O. The molecule has 1 aromatic carbocycles. The van der Waals surface area contributed by atoms with Gasteiger partial charge < -0.3 is 15.0 Å². The maximum Gasteiger partial charge on any atom is 0.122 e. The lowest BCUT2D eigenvalue weighted by Gasteiger charge is -2.29. The first-order chi connectivity index (χ1) is 9.61. The van der Waals surface area contributed by atoms with Crippen molar-refractivity contribution >= 4 is 5.69 Å². The average Bonchev–Trinajstić information content (AvgIpc) is 2.45. The highest BCUT2D eigenvalue weighted by Gasteiger charge is 2.17. The predicted molar refractivity (Wildman–Crippen MR) is 85.8 cm³/mol. The number of piperidine rings is 1. The second-order valence-electron chi connectivity index (χ2n) is 5.95. The van der Waals surface area contributed by atoms with Crippen molar-refractivity contribution in [2.45, 2.75) is 33.6 Å². The van der Waals surface area contributed by atoms with Gasteiger partial charge in [-0.2, -0.15) is 0 Å². The van der Waals surface area contributed by atoms with Crippen LogP contribution in [0.25, 0.3) is 0 Å². The molecule has 20 heavy (non-hydrogen) atoms. The van der Waals surface area contributed by atoms with Gasteiger partial charge in [0, 0.05) is 12.2 Å². The highest BCUT2D eigenvalue weighted by atomic mass is 16.5. The molecule has 0 radical (unpaired) electrons. The summed E-state index contributed by atoms with van der Waals surface area (Å²) in [5.41, 5.74) is 3.78. The molecule has 1 aliphatic heterocycles. The van der Waals surface area contributed by atoms with Crippen molar-refractivity contribution in [1.82, 2.24) is 4.90 Å². The van der Waals surface area contributed by atoms with Gasteiger partial charge >= 0.3 is 0 Å². The lowest BCUT2D eigenvalue weighted by atomic mass is 9.98. The fourth-order valence-corrected chi connectivity index (χ4v) is 2.77. The first-order valence-electron chi connectivity index (χ1n) is 7.77. The van der Waals surface area contributed by atoms with Gasteiger partial charge in [-0.05, 0) is 82.9 Å². The third-order valence-electron chi connectivity index (χ3n) is 4.42. The van der Waals surface area contributed by atoms with E-state index in [1.54, 1.807) is 0 Å². The molecule has 1 fully saturated rings. The number of likely N-dealkylation sites (tertiary alicyclic amines) is 1. The molecule has 3 nitrogen and oxygen atoms in total. The molecule has 1 saturated heterocycles. The summed E-state index contributed by atoms with van der Waals surface area (Å²) in [5, 5.41) is 3.39. The number of ether oxygens (including phenoxy) is 1. The van der Waals surface area contributed by atoms with Crippen LogP contribution in [-0.4, -0.2) is 38.2 Å². The minimum atomic E-state index is 0.708. The summed E-state index contributed by atoms with van der Waals surface area (Å²) in [5.74, 6) is 1.75. The normalized spacial score (nSPS) is 17.2. The zero-order valence-corrected chi connectivity index (χ0v) is 13.3. The second-order valence-corrected chi connectivity index (χ2v) is 5.95. The van der Waals surface area contributed by atoms with E-state index in [0.29, 0.717) is 5.92 Å². The Bertz CT molecular complexity index is 437. The molecular weight excluding hydrogens is 248 g/mol. The Labute approximate surface area is 123 Å². The molecule has 1 N–H and O–H groups in total. The van der Waals surface area contributed by atoms with Crippen LogP contribution in [0.5, 0.6) is 5.75 Å². The maximum atomic E-state index is 6.08. The molecule has 0 saturated carbocycles. The van der Waals surface area contributed by atoms with Crippen LogP contribution >= 0.6 is 0 Å². The van der Waals surface area contributed by atoms with Gasteiger partial charge in [0.15, 0.2) is 0 Å². The van der Waals surface area contributed by atoms with E-state index in [9.17, 15) is 0 Å². The Hall–Kier alpha value is -1.22. The Morgan fingerprint density at radius 1 is 1.20 bits per heavy atom. The summed E-state index contributed by atoms with van der Waals surface area (Å²) in [7, 11) is 2.20. The number of anilines is 1. The number of nitrogens with zero attached hydrogens (tertiary/aromatic N) is 1. The molecule has 0 aliphatic carbocycles. The molecule has 0 atom stereocenters. The van der Waals surface area contributed by atoms with Crippen molar-refractivity contribution in [3.63, 3.8) is 0 Å². The maximum absolute atomic E-state index is 6.08. The fourth-order valence-electron chi connectivity index (χ4n) is 2.77. The van der Waals surface area contributed by atoms with Crippen LogP contribution in [0.3, 0.4) is 0 Å². The van der Waals surface area contributed by atoms with E-state index in [0.717, 1.165) is 18.9 Å². The molecule has 112 valence electrons. The second kappa shape index (κ2) is 6.98. The van der Waals surface area contributed by atoms with Gasteiger partial charge in [0.05, 0.1) is 6.61 Å². The van der Waals surface area contributed by atoms with Gasteiger partial charge in [0.1, 0.15) is 5.75 Å². The van der Waals surface area contributed by atoms with Crippen molar-refractivity contribution in [1.29, 1.82) is 0 Å². The number of nitrogens with one attached hydrogen (secondary N) is 1. The minimum Gasteiger partial charge on any atom is -0.493 e. The molecule has 3 heteroatoms. The topological polar surface area (TPSA) is 24.5 Å². The molecule has 0 aromatic heterocycles. The first-order valence-corrected chi connectivity index (χ1v) is 7.77. The van der Waals surface area contributed by atoms with Crippen molar-refractivity contribution in [3.8, 4) is 5.75 Å². The zero-order chi connectivity index (χ0) is 14.5. The van der Waals surface area contributed by atoms with Crippen LogP contribution in [0.4, 0.5) is 5.69 Å². The van der Waals surface area contributed by atoms with Crippen molar-refractivity contribution in [2.24, 2.45) is 5.92 Å². The summed E-state index contributed by atoms with van der Waals surface area (Å²) in [6.07, 6.45) is 2.51. The smallest absolute Gasteiger partial charge is 0.122 e. The number of hydrogen-bond donors (Lipinski definition) is 1. The summed E-state index contributed by atoms with van der Waals surface area (Å²) in [6, 6.07) is 4.24. The fraction of sp³-hybridized carbons (Fsp3) is 0.647. The van der Waals surface area contributed by atoms with Gasteiger partial charge in [0.25, 0.3) is 0 Å². The average molecular weight is 276 g/mol. The lowest BCUT2D eigenvalue weighted by Crippen LogP contribution is -2.32. The first kappa shape index (κ1) is 15.2. The molecule has 1 aromatic rings. The number of hydrogen-bond acceptors (Lipinski definition) is 3. The summed E-state index contributed by atoms with van der Waals surface area (Å²) in [6.45, 7) is 10.6. The van der Waals surface area contributed by atoms with Gasteiger partial charge in [-0.25, -0.2) is 0 Å². The van der Waals surface area contributed by atoms with Gasteiger partial charge in [0.2, 0.25) is 0 Å². The molecule has 0 spiro atoms. The van der Waals surface area contributed by atoms with Crippen LogP contribution in [-0.2, 0) is 0 Å². The van der Waals surface area contributed by atoms with E-state index in [-0.39, 0.29) is 0 Å². The Balaban J connectivity index is 1.94. The minimum absolute atomic E-state index is 0.708. The molecule has 2 rings (SSSR count). The van der Waals surface area contributed by atoms with E-state index in [4.69, 9.17) is 4.74 Å². The molecule has 0 bridgehead atoms. The highest BCUT2D eigenvalue weighted by molar-refractivity contribution is 5.58. The van der Waals surface area contributed by atoms with Gasteiger partial charge in [-0.15, -0.1) is 0 Å². The molecule has 0 unspecified atom stereocenters. The van der Waals surface area contributed by atoms with E-state index in [2.05, 4.69) is 50.2 Å². The van der Waals surface area contributed by atoms with Crippen molar-refractivity contribution < 1.29 is 4.74 Å². The third-order valence-corrected chi connectivity index (χ3v) is 4.42. The molecule has 0 amide bonds. The van der Waals surface area contributed by atoms with E-state index < -0.39 is 0 Å². The Kier molecular flexibility index (Phi) is 5.30. The van der Waals surface area contributed by atoms with Crippen LogP contribution in [0, 0.1) is 19.8 Å². The largest absolute Gasteiger partial charge is 0.493 e. The highest BCUT2D eigenvalue weighted by Crippen LogP contribution is 2.28. The SMILES string of the molecule is CCNc1ccc(OCC2CCN(C)CC2)c(C)c1C. The standard InChI is InChI=1S/C17H28N2O/c1-5-18-16-6-7-17(14(3)13(16)2)20-12-15-8-10-19(4)11-9-15/h6-7,15,18H,5,8-12H2,1-4H3. The Morgan fingerprint density at radius 2 is 1.90 bits per heavy atom. The van der Waals surface area contributed by atoms with Crippen molar-refractivity contribution in [2.75, 3.05) is 38.6 Å². The van der Waals surface area contributed by atoms with E-state index >= 15 is 0 Å². The third kappa shape index (κ3) is 3.66. The van der Waals surface area contributed by atoms with E-state index in [1.165, 1.54) is 42.7 Å². The summed E-state index contributed by atoms with van der Waals surface area (Å²) < 4.78 is 6.08.